The van der Waals surface area contributed by atoms with E-state index in [9.17, 15) is 27.9 Å². The monoisotopic (exact) mass is 465 g/mol. The highest BCUT2D eigenvalue weighted by molar-refractivity contribution is 5.90. The predicted octanol–water partition coefficient (Wildman–Crippen LogP) is 2.99. The van der Waals surface area contributed by atoms with Gasteiger partial charge in [0.2, 0.25) is 0 Å². The van der Waals surface area contributed by atoms with Crippen molar-refractivity contribution in [1.82, 2.24) is 25.0 Å². The molecule has 0 spiro atoms. The minimum Gasteiger partial charge on any atom is -0.465 e. The molecule has 0 bridgehead atoms. The molecular weight excluding hydrogens is 447 g/mol. The van der Waals surface area contributed by atoms with Crippen molar-refractivity contribution < 1.29 is 37.0 Å². The molecule has 0 radical (unpaired) electrons. The van der Waals surface area contributed by atoms with Gasteiger partial charge in [-0.25, -0.2) is 9.78 Å². The molecule has 174 valence electrons. The summed E-state index contributed by atoms with van der Waals surface area (Å²) in [6.45, 7) is 0.419. The molecule has 33 heavy (non-hydrogen) atoms. The fourth-order valence-electron chi connectivity index (χ4n) is 3.66. The van der Waals surface area contributed by atoms with Crippen LogP contribution in [0.4, 0.5) is 18.0 Å². The normalized spacial score (nSPS) is 18.3. The SMILES string of the molecule is O=C(N[C@@H]1C[C@@H](Cn2cccn2)N(C(=O)O)C1)c1ncc(-c2cccc(OC(F)(F)F)c2)o1. The van der Waals surface area contributed by atoms with Crippen LogP contribution in [0.5, 0.6) is 5.75 Å². The van der Waals surface area contributed by atoms with Crippen LogP contribution in [0.15, 0.2) is 53.3 Å². The molecule has 1 saturated heterocycles. The molecule has 13 heteroatoms. The molecule has 3 heterocycles. The number of oxazole rings is 1. The van der Waals surface area contributed by atoms with E-state index in [-0.39, 0.29) is 29.8 Å². The van der Waals surface area contributed by atoms with Crippen LogP contribution in [0, 0.1) is 0 Å². The number of carbonyl (C=O) groups is 2. The standard InChI is InChI=1S/C20H18F3N5O5/c21-20(22,23)33-15-4-1-3-12(7-15)16-9-24-18(32-16)17(29)26-13-8-14(28(10-13)19(30)31)11-27-6-2-5-25-27/h1-7,9,13-14H,8,10-11H2,(H,26,29)(H,30,31)/t13-,14+/m1/s1. The van der Waals surface area contributed by atoms with Gasteiger partial charge in [0.1, 0.15) is 5.75 Å². The average Bonchev–Trinajstić information content (AvgIpc) is 3.48. The number of carboxylic acid groups (broad SMARTS) is 1. The second-order valence-corrected chi connectivity index (χ2v) is 7.33. The van der Waals surface area contributed by atoms with Crippen molar-refractivity contribution in [3.8, 4) is 17.1 Å². The van der Waals surface area contributed by atoms with Gasteiger partial charge in [0.15, 0.2) is 5.76 Å². The van der Waals surface area contributed by atoms with Gasteiger partial charge in [-0.05, 0) is 24.6 Å². The third-order valence-electron chi connectivity index (χ3n) is 5.00. The maximum atomic E-state index is 12.6. The molecule has 1 fully saturated rings. The summed E-state index contributed by atoms with van der Waals surface area (Å²) in [5.74, 6) is -1.34. The number of likely N-dealkylation sites (tertiary alicyclic amines) is 1. The first-order chi connectivity index (χ1) is 15.7. The number of benzene rings is 1. The minimum absolute atomic E-state index is 0.0721. The van der Waals surface area contributed by atoms with Crippen molar-refractivity contribution >= 4 is 12.0 Å². The summed E-state index contributed by atoms with van der Waals surface area (Å²) in [5, 5.41) is 16.2. The van der Waals surface area contributed by atoms with Crippen molar-refractivity contribution in [2.45, 2.75) is 31.4 Å². The van der Waals surface area contributed by atoms with Crippen molar-refractivity contribution in [2.75, 3.05) is 6.54 Å². The van der Waals surface area contributed by atoms with E-state index in [1.54, 1.807) is 23.1 Å². The van der Waals surface area contributed by atoms with Crippen LogP contribution >= 0.6 is 0 Å². The van der Waals surface area contributed by atoms with E-state index >= 15 is 0 Å². The van der Waals surface area contributed by atoms with E-state index < -0.39 is 30.2 Å². The Bertz CT molecular complexity index is 1130. The molecule has 0 saturated carbocycles. The molecule has 2 atom stereocenters. The molecule has 0 unspecified atom stereocenters. The summed E-state index contributed by atoms with van der Waals surface area (Å²) in [5.41, 5.74) is 0.237. The molecule has 1 aliphatic rings. The Morgan fingerprint density at radius 1 is 1.30 bits per heavy atom. The largest absolute Gasteiger partial charge is 0.573 e. The van der Waals surface area contributed by atoms with Crippen LogP contribution < -0.4 is 10.1 Å². The van der Waals surface area contributed by atoms with Crippen molar-refractivity contribution in [2.24, 2.45) is 0 Å². The van der Waals surface area contributed by atoms with E-state index in [1.807, 2.05) is 0 Å². The zero-order valence-corrected chi connectivity index (χ0v) is 16.9. The number of alkyl halides is 3. The number of ether oxygens (including phenoxy) is 1. The maximum absolute atomic E-state index is 12.6. The lowest BCUT2D eigenvalue weighted by atomic mass is 10.1. The summed E-state index contributed by atoms with van der Waals surface area (Å²) >= 11 is 0. The van der Waals surface area contributed by atoms with Crippen LogP contribution in [0.25, 0.3) is 11.3 Å². The van der Waals surface area contributed by atoms with Crippen LogP contribution in [-0.4, -0.2) is 61.8 Å². The molecule has 0 aliphatic carbocycles. The molecule has 2 aromatic heterocycles. The third-order valence-corrected chi connectivity index (χ3v) is 5.00. The highest BCUT2D eigenvalue weighted by Crippen LogP contribution is 2.28. The second kappa shape index (κ2) is 8.84. The minimum atomic E-state index is -4.84. The Balaban J connectivity index is 1.42. The van der Waals surface area contributed by atoms with E-state index in [0.717, 1.165) is 12.1 Å². The number of rotatable bonds is 6. The van der Waals surface area contributed by atoms with Gasteiger partial charge in [0.05, 0.1) is 18.8 Å². The van der Waals surface area contributed by atoms with Gasteiger partial charge in [-0.3, -0.25) is 9.48 Å². The molecule has 3 aromatic rings. The van der Waals surface area contributed by atoms with E-state index in [4.69, 9.17) is 4.42 Å². The summed E-state index contributed by atoms with van der Waals surface area (Å²) in [6, 6.07) is 5.93. The fraction of sp³-hybridized carbons (Fsp3) is 0.300. The number of hydrogen-bond donors (Lipinski definition) is 2. The number of aromatic nitrogens is 3. The van der Waals surface area contributed by atoms with Crippen molar-refractivity contribution in [3.63, 3.8) is 0 Å². The van der Waals surface area contributed by atoms with Gasteiger partial charge in [-0.1, -0.05) is 12.1 Å². The zero-order chi connectivity index (χ0) is 23.6. The van der Waals surface area contributed by atoms with Crippen LogP contribution in [-0.2, 0) is 6.54 Å². The Labute approximate surface area is 184 Å². The Morgan fingerprint density at radius 2 is 2.12 bits per heavy atom. The molecule has 10 nitrogen and oxygen atoms in total. The summed E-state index contributed by atoms with van der Waals surface area (Å²) in [7, 11) is 0. The lowest BCUT2D eigenvalue weighted by Crippen LogP contribution is -2.39. The number of nitrogens with zero attached hydrogens (tertiary/aromatic N) is 4. The lowest BCUT2D eigenvalue weighted by molar-refractivity contribution is -0.274. The lowest BCUT2D eigenvalue weighted by Gasteiger charge is -2.20. The van der Waals surface area contributed by atoms with Crippen molar-refractivity contribution in [1.29, 1.82) is 0 Å². The number of hydrogen-bond acceptors (Lipinski definition) is 6. The number of carbonyl (C=O) groups excluding carboxylic acids is 1. The van der Waals surface area contributed by atoms with Gasteiger partial charge in [-0.2, -0.15) is 5.10 Å². The Morgan fingerprint density at radius 3 is 2.82 bits per heavy atom. The number of nitrogens with one attached hydrogen (secondary N) is 1. The quantitative estimate of drug-likeness (QED) is 0.574. The predicted molar refractivity (Wildman–Crippen MR) is 105 cm³/mol. The van der Waals surface area contributed by atoms with Crippen LogP contribution in [0.1, 0.15) is 17.1 Å². The summed E-state index contributed by atoms with van der Waals surface area (Å²) in [4.78, 5) is 29.3. The first kappa shape index (κ1) is 22.2. The van der Waals surface area contributed by atoms with E-state index in [2.05, 4.69) is 20.1 Å². The molecule has 2 amide bonds. The van der Waals surface area contributed by atoms with Crippen molar-refractivity contribution in [3.05, 3.63) is 54.8 Å². The smallest absolute Gasteiger partial charge is 0.465 e. The van der Waals surface area contributed by atoms with Gasteiger partial charge < -0.3 is 24.5 Å². The molecule has 4 rings (SSSR count). The number of halogens is 3. The molecular formula is C20H18F3N5O5. The highest BCUT2D eigenvalue weighted by Gasteiger charge is 2.37. The maximum Gasteiger partial charge on any atom is 0.573 e. The Hall–Kier alpha value is -4.03. The highest BCUT2D eigenvalue weighted by atomic mass is 19.4. The molecule has 2 N–H and O–H groups in total. The molecule has 1 aromatic carbocycles. The average molecular weight is 465 g/mol. The van der Waals surface area contributed by atoms with E-state index in [1.165, 1.54) is 23.2 Å². The Kier molecular flexibility index (Phi) is 5.94. The molecule has 1 aliphatic heterocycles. The first-order valence-electron chi connectivity index (χ1n) is 9.78. The van der Waals surface area contributed by atoms with Gasteiger partial charge in [0.25, 0.3) is 5.89 Å². The van der Waals surface area contributed by atoms with Crippen LogP contribution in [0.3, 0.4) is 0 Å². The fourth-order valence-corrected chi connectivity index (χ4v) is 3.66. The van der Waals surface area contributed by atoms with Gasteiger partial charge in [0, 0.05) is 30.5 Å². The second-order valence-electron chi connectivity index (χ2n) is 7.33. The van der Waals surface area contributed by atoms with Crippen LogP contribution in [0.2, 0.25) is 0 Å². The number of amides is 2. The van der Waals surface area contributed by atoms with E-state index in [0.29, 0.717) is 13.0 Å². The van der Waals surface area contributed by atoms with Gasteiger partial charge in [-0.15, -0.1) is 13.2 Å². The topological polar surface area (TPSA) is 123 Å². The first-order valence-corrected chi connectivity index (χ1v) is 9.78. The third kappa shape index (κ3) is 5.42. The summed E-state index contributed by atoms with van der Waals surface area (Å²) in [6.07, 6.45) is -1.07. The summed E-state index contributed by atoms with van der Waals surface area (Å²) < 4.78 is 48.2. The van der Waals surface area contributed by atoms with Gasteiger partial charge >= 0.3 is 18.4 Å². The zero-order valence-electron chi connectivity index (χ0n) is 16.9.